The van der Waals surface area contributed by atoms with Crippen LogP contribution in [0.2, 0.25) is 0 Å². The van der Waals surface area contributed by atoms with Gasteiger partial charge in [0.25, 0.3) is 0 Å². The SMILES string of the molecule is CCC1CN2CC[C@@H]1CC2[C@@H](Oc1nnc(O[C@@H](c2ccnc3ccc(OC)cc23)[C@H]2CC3CCN2C[C@@H]3CC)c2ccccc12)c1ccnc2ccc(OC)cc12. The Morgan fingerprint density at radius 1 is 0.603 bits per heavy atom. The summed E-state index contributed by atoms with van der Waals surface area (Å²) < 4.78 is 26.0. The molecule has 6 saturated heterocycles. The number of pyridine rings is 2. The van der Waals surface area contributed by atoms with Gasteiger partial charge in [-0.25, -0.2) is 0 Å². The first-order chi connectivity index (χ1) is 28.5. The lowest BCUT2D eigenvalue weighted by Gasteiger charge is -2.52. The van der Waals surface area contributed by atoms with Crippen molar-refractivity contribution >= 4 is 32.6 Å². The predicted octanol–water partition coefficient (Wildman–Crippen LogP) is 9.22. The minimum Gasteiger partial charge on any atom is -0.497 e. The molecule has 0 amide bonds. The summed E-state index contributed by atoms with van der Waals surface area (Å²) in [6.45, 7) is 9.00. The highest BCUT2D eigenvalue weighted by atomic mass is 16.5. The number of benzene rings is 3. The number of methoxy groups -OCH3 is 2. The zero-order valence-corrected chi connectivity index (χ0v) is 34.1. The van der Waals surface area contributed by atoms with Crippen LogP contribution in [0.4, 0.5) is 0 Å². The molecule has 6 fully saturated rings. The molecule has 4 bridgehead atoms. The monoisotopic (exact) mass is 778 g/mol. The van der Waals surface area contributed by atoms with Crippen LogP contribution in [0.25, 0.3) is 32.6 Å². The number of ether oxygens (including phenoxy) is 4. The Balaban J connectivity index is 1.06. The van der Waals surface area contributed by atoms with Crippen LogP contribution >= 0.6 is 0 Å². The van der Waals surface area contributed by atoms with Crippen LogP contribution in [0.15, 0.2) is 85.2 Å². The number of rotatable bonds is 12. The van der Waals surface area contributed by atoms with Gasteiger partial charge in [0.15, 0.2) is 0 Å². The Morgan fingerprint density at radius 2 is 1.07 bits per heavy atom. The van der Waals surface area contributed by atoms with Crippen LogP contribution in [0, 0.1) is 23.7 Å². The first-order valence-electron chi connectivity index (χ1n) is 21.5. The molecule has 10 nitrogen and oxygen atoms in total. The molecule has 0 N–H and O–H groups in total. The summed E-state index contributed by atoms with van der Waals surface area (Å²) in [6.07, 6.45) is 10.2. The molecule has 9 heterocycles. The second-order valence-electron chi connectivity index (χ2n) is 17.0. The highest BCUT2D eigenvalue weighted by Gasteiger charge is 2.46. The zero-order chi connectivity index (χ0) is 39.3. The predicted molar refractivity (Wildman–Crippen MR) is 227 cm³/mol. The molecular formula is C48H54N6O4. The number of hydrogen-bond acceptors (Lipinski definition) is 10. The van der Waals surface area contributed by atoms with Gasteiger partial charge in [0, 0.05) is 47.4 Å². The maximum Gasteiger partial charge on any atom is 0.242 e. The first kappa shape index (κ1) is 37.2. The third-order valence-corrected chi connectivity index (χ3v) is 14.3. The van der Waals surface area contributed by atoms with Gasteiger partial charge in [-0.3, -0.25) is 19.8 Å². The van der Waals surface area contributed by atoms with Crippen molar-refractivity contribution < 1.29 is 18.9 Å². The van der Waals surface area contributed by atoms with Crippen molar-refractivity contribution in [1.29, 1.82) is 0 Å². The lowest BCUT2D eigenvalue weighted by atomic mass is 9.72. The highest BCUT2D eigenvalue weighted by molar-refractivity contribution is 5.91. The Labute approximate surface area is 340 Å². The van der Waals surface area contributed by atoms with Gasteiger partial charge in [-0.2, -0.15) is 0 Å². The number of aromatic nitrogens is 4. The Hall–Kier alpha value is -5.06. The molecule has 300 valence electrons. The Bertz CT molecular complexity index is 2280. The van der Waals surface area contributed by atoms with Crippen molar-refractivity contribution in [3.8, 4) is 23.3 Å². The summed E-state index contributed by atoms with van der Waals surface area (Å²) in [4.78, 5) is 14.8. The average molecular weight is 779 g/mol. The van der Waals surface area contributed by atoms with Crippen LogP contribution in [0.1, 0.15) is 75.7 Å². The van der Waals surface area contributed by atoms with E-state index in [0.29, 0.717) is 35.4 Å². The lowest BCUT2D eigenvalue weighted by molar-refractivity contribution is -0.0505. The number of hydrogen-bond donors (Lipinski definition) is 0. The molecule has 10 atom stereocenters. The molecule has 12 rings (SSSR count). The number of piperidine rings is 6. The molecule has 58 heavy (non-hydrogen) atoms. The number of fused-ring (bicyclic) bond motifs is 9. The van der Waals surface area contributed by atoms with Crippen LogP contribution in [0.3, 0.4) is 0 Å². The van der Waals surface area contributed by atoms with E-state index in [1.54, 1.807) is 14.2 Å². The van der Waals surface area contributed by atoms with Gasteiger partial charge < -0.3 is 18.9 Å². The Kier molecular flexibility index (Phi) is 10.0. The molecule has 0 saturated carbocycles. The van der Waals surface area contributed by atoms with E-state index in [4.69, 9.17) is 39.1 Å². The minimum absolute atomic E-state index is 0.180. The fourth-order valence-corrected chi connectivity index (χ4v) is 11.1. The molecule has 5 unspecified atom stereocenters. The topological polar surface area (TPSA) is 95.0 Å². The van der Waals surface area contributed by atoms with E-state index in [1.165, 1.54) is 25.7 Å². The number of nitrogens with zero attached hydrogens (tertiary/aromatic N) is 6. The maximum atomic E-state index is 7.30. The van der Waals surface area contributed by atoms with Gasteiger partial charge >= 0.3 is 0 Å². The average Bonchev–Trinajstić information content (AvgIpc) is 3.29. The molecule has 3 aromatic heterocycles. The van der Waals surface area contributed by atoms with E-state index < -0.39 is 0 Å². The maximum absolute atomic E-state index is 7.30. The van der Waals surface area contributed by atoms with Crippen molar-refractivity contribution in [3.05, 3.63) is 96.3 Å². The largest absolute Gasteiger partial charge is 0.497 e. The third-order valence-electron chi connectivity index (χ3n) is 14.3. The summed E-state index contributed by atoms with van der Waals surface area (Å²) in [5.74, 6) is 5.39. The van der Waals surface area contributed by atoms with Gasteiger partial charge in [0.1, 0.15) is 23.7 Å². The fourth-order valence-electron chi connectivity index (χ4n) is 11.1. The van der Waals surface area contributed by atoms with Crippen molar-refractivity contribution in [3.63, 3.8) is 0 Å². The van der Waals surface area contributed by atoms with E-state index in [9.17, 15) is 0 Å². The fraction of sp³-hybridized carbons (Fsp3) is 0.458. The Morgan fingerprint density at radius 3 is 1.47 bits per heavy atom. The smallest absolute Gasteiger partial charge is 0.242 e. The van der Waals surface area contributed by atoms with E-state index in [2.05, 4.69) is 72.2 Å². The van der Waals surface area contributed by atoms with Crippen molar-refractivity contribution in [2.75, 3.05) is 40.4 Å². The van der Waals surface area contributed by atoms with Crippen molar-refractivity contribution in [2.24, 2.45) is 23.7 Å². The first-order valence-corrected chi connectivity index (χ1v) is 21.5. The molecule has 6 aromatic rings. The van der Waals surface area contributed by atoms with Gasteiger partial charge in [-0.15, -0.1) is 10.2 Å². The van der Waals surface area contributed by atoms with Crippen LogP contribution < -0.4 is 18.9 Å². The molecular weight excluding hydrogens is 725 g/mol. The second kappa shape index (κ2) is 15.6. The quantitative estimate of drug-likeness (QED) is 0.120. The van der Waals surface area contributed by atoms with Gasteiger partial charge in [-0.1, -0.05) is 38.8 Å². The van der Waals surface area contributed by atoms with Crippen molar-refractivity contribution in [1.82, 2.24) is 30.0 Å². The summed E-state index contributed by atoms with van der Waals surface area (Å²) in [5, 5.41) is 13.7. The molecule has 6 aliphatic rings. The summed E-state index contributed by atoms with van der Waals surface area (Å²) >= 11 is 0. The van der Waals surface area contributed by atoms with Gasteiger partial charge in [0.2, 0.25) is 11.8 Å². The summed E-state index contributed by atoms with van der Waals surface area (Å²) in [7, 11) is 3.42. The molecule has 0 radical (unpaired) electrons. The molecule has 3 aromatic carbocycles. The lowest BCUT2D eigenvalue weighted by Crippen LogP contribution is -2.56. The molecule has 0 aliphatic carbocycles. The molecule has 6 aliphatic heterocycles. The second-order valence-corrected chi connectivity index (χ2v) is 17.0. The van der Waals surface area contributed by atoms with E-state index in [0.717, 1.165) is 94.2 Å². The van der Waals surface area contributed by atoms with Crippen LogP contribution in [-0.2, 0) is 0 Å². The summed E-state index contributed by atoms with van der Waals surface area (Å²) in [5.41, 5.74) is 4.01. The standard InChI is InChI=1S/C48H54N6O4/c1-5-29-27-53-21-17-31(29)23-43(53)45(35-15-19-49-41-13-11-33(55-3)25-39(35)41)57-47-37-9-7-8-10-38(37)48(52-51-47)58-46(44-24-32-18-22-54(44)28-30(32)6-2)36-16-20-50-42-14-12-34(56-4)26-40(36)42/h7-16,19-20,25-26,29-32,43-46H,5-6,17-18,21-24,27-28H2,1-4H3/t29-,30?,31?,32+,43+,44?,45-,46-/m0/s1. The van der Waals surface area contributed by atoms with E-state index in [1.807, 2.05) is 36.7 Å². The van der Waals surface area contributed by atoms with Crippen LogP contribution in [-0.4, -0.2) is 82.4 Å². The van der Waals surface area contributed by atoms with Crippen molar-refractivity contribution in [2.45, 2.75) is 76.7 Å². The zero-order valence-electron chi connectivity index (χ0n) is 34.1. The van der Waals surface area contributed by atoms with E-state index in [-0.39, 0.29) is 24.3 Å². The molecule has 0 spiro atoms. The van der Waals surface area contributed by atoms with E-state index >= 15 is 0 Å². The molecule has 10 heteroatoms. The van der Waals surface area contributed by atoms with Gasteiger partial charge in [-0.05, 0) is 123 Å². The van der Waals surface area contributed by atoms with Gasteiger partial charge in [0.05, 0.1) is 48.1 Å². The van der Waals surface area contributed by atoms with Crippen LogP contribution in [0.5, 0.6) is 23.3 Å². The third kappa shape index (κ3) is 6.58. The highest BCUT2D eigenvalue weighted by Crippen LogP contribution is 2.47. The normalized spacial score (nSPS) is 27.4. The minimum atomic E-state index is -0.300. The summed E-state index contributed by atoms with van der Waals surface area (Å²) in [6, 6.07) is 25.1.